The summed E-state index contributed by atoms with van der Waals surface area (Å²) in [5.74, 6) is 0.742. The van der Waals surface area contributed by atoms with Crippen LogP contribution < -0.4 is 4.74 Å². The summed E-state index contributed by atoms with van der Waals surface area (Å²) in [6.45, 7) is 3.64. The van der Waals surface area contributed by atoms with Gasteiger partial charge in [0, 0.05) is 49.5 Å². The van der Waals surface area contributed by atoms with Crippen molar-refractivity contribution in [3.05, 3.63) is 45.4 Å². The number of methoxy groups -OCH3 is 1. The van der Waals surface area contributed by atoms with Crippen molar-refractivity contribution in [2.45, 2.75) is 12.8 Å². The van der Waals surface area contributed by atoms with Crippen LogP contribution in [0.25, 0.3) is 0 Å². The Balaban J connectivity index is 1.42. The normalized spacial score (nSPS) is 17.0. The van der Waals surface area contributed by atoms with Crippen LogP contribution in [0.15, 0.2) is 24.3 Å². The molecule has 0 unspecified atom stereocenters. The van der Waals surface area contributed by atoms with Gasteiger partial charge in [-0.05, 0) is 24.3 Å². The Bertz CT molecular complexity index is 833. The largest absolute Gasteiger partial charge is 0.497 e. The topological polar surface area (TPSA) is 72.0 Å². The van der Waals surface area contributed by atoms with Gasteiger partial charge in [0.05, 0.1) is 26.0 Å². The van der Waals surface area contributed by atoms with Gasteiger partial charge in [-0.25, -0.2) is 4.98 Å². The van der Waals surface area contributed by atoms with E-state index in [0.717, 1.165) is 22.7 Å². The van der Waals surface area contributed by atoms with E-state index in [1.165, 1.54) is 11.3 Å². The number of benzene rings is 1. The molecule has 2 aromatic rings. The maximum atomic E-state index is 12.8. The van der Waals surface area contributed by atoms with Crippen molar-refractivity contribution in [1.29, 1.82) is 0 Å². The number of aromatic nitrogens is 1. The Morgan fingerprint density at radius 1 is 1.00 bits per heavy atom. The quantitative estimate of drug-likeness (QED) is 0.785. The zero-order chi connectivity index (χ0) is 19.5. The Morgan fingerprint density at radius 3 is 2.39 bits per heavy atom. The average molecular weight is 401 g/mol. The van der Waals surface area contributed by atoms with Gasteiger partial charge in [-0.15, -0.1) is 11.3 Å². The lowest BCUT2D eigenvalue weighted by molar-refractivity contribution is 0.0302. The van der Waals surface area contributed by atoms with E-state index in [4.69, 9.17) is 9.47 Å². The zero-order valence-electron chi connectivity index (χ0n) is 15.8. The average Bonchev–Trinajstić information content (AvgIpc) is 3.06. The molecule has 2 amide bonds. The molecule has 4 rings (SSSR count). The van der Waals surface area contributed by atoms with E-state index >= 15 is 0 Å². The number of carbonyl (C=O) groups is 2. The summed E-state index contributed by atoms with van der Waals surface area (Å²) in [6.07, 6.45) is 1.40. The van der Waals surface area contributed by atoms with Crippen molar-refractivity contribution in [3.8, 4) is 5.75 Å². The SMILES string of the molecule is COc1ccc(C(=O)N2CCc3nc(C(=O)N4CCOCC4)sc3CC2)cc1. The van der Waals surface area contributed by atoms with Crippen LogP contribution in [-0.2, 0) is 17.6 Å². The summed E-state index contributed by atoms with van der Waals surface area (Å²) >= 11 is 1.47. The van der Waals surface area contributed by atoms with Crippen molar-refractivity contribution in [2.24, 2.45) is 0 Å². The first-order valence-corrected chi connectivity index (χ1v) is 10.3. The molecule has 0 bridgehead atoms. The molecule has 1 fully saturated rings. The molecule has 2 aliphatic rings. The van der Waals surface area contributed by atoms with Crippen molar-refractivity contribution >= 4 is 23.2 Å². The molecule has 0 spiro atoms. The standard InChI is InChI=1S/C20H23N3O4S/c1-26-15-4-2-14(3-5-15)19(24)22-8-6-16-17(7-9-22)28-18(21-16)20(25)23-10-12-27-13-11-23/h2-5H,6-13H2,1H3. The first-order valence-electron chi connectivity index (χ1n) is 9.44. The molecule has 8 heteroatoms. The third-order valence-electron chi connectivity index (χ3n) is 5.11. The monoisotopic (exact) mass is 401 g/mol. The van der Waals surface area contributed by atoms with Gasteiger partial charge >= 0.3 is 0 Å². The fourth-order valence-electron chi connectivity index (χ4n) is 3.48. The predicted molar refractivity (Wildman–Crippen MR) is 105 cm³/mol. The number of ether oxygens (including phenoxy) is 2. The van der Waals surface area contributed by atoms with Gasteiger partial charge in [-0.2, -0.15) is 0 Å². The highest BCUT2D eigenvalue weighted by Crippen LogP contribution is 2.25. The molecule has 28 heavy (non-hydrogen) atoms. The van der Waals surface area contributed by atoms with E-state index in [1.54, 1.807) is 36.3 Å². The number of amides is 2. The Labute approximate surface area is 167 Å². The number of carbonyl (C=O) groups excluding carboxylic acids is 2. The van der Waals surface area contributed by atoms with Crippen LogP contribution in [0.3, 0.4) is 0 Å². The fraction of sp³-hybridized carbons (Fsp3) is 0.450. The van der Waals surface area contributed by atoms with Crippen molar-refractivity contribution in [1.82, 2.24) is 14.8 Å². The number of hydrogen-bond acceptors (Lipinski definition) is 6. The molecular weight excluding hydrogens is 378 g/mol. The summed E-state index contributed by atoms with van der Waals surface area (Å²) in [4.78, 5) is 34.8. The molecule has 1 aromatic carbocycles. The molecule has 1 aromatic heterocycles. The van der Waals surface area contributed by atoms with E-state index in [9.17, 15) is 9.59 Å². The Morgan fingerprint density at radius 2 is 1.68 bits per heavy atom. The third kappa shape index (κ3) is 3.88. The first-order chi connectivity index (χ1) is 13.7. The van der Waals surface area contributed by atoms with Crippen LogP contribution in [-0.4, -0.2) is 73.1 Å². The highest BCUT2D eigenvalue weighted by Gasteiger charge is 2.26. The Hall–Kier alpha value is -2.45. The van der Waals surface area contributed by atoms with Crippen LogP contribution in [0.4, 0.5) is 0 Å². The minimum absolute atomic E-state index is 0.00691. The maximum Gasteiger partial charge on any atom is 0.283 e. The number of morpholine rings is 1. The number of hydrogen-bond donors (Lipinski definition) is 0. The van der Waals surface area contributed by atoms with Crippen LogP contribution in [0.2, 0.25) is 0 Å². The summed E-state index contributed by atoms with van der Waals surface area (Å²) < 4.78 is 10.5. The molecule has 7 nitrogen and oxygen atoms in total. The van der Waals surface area contributed by atoms with Crippen molar-refractivity contribution < 1.29 is 19.1 Å². The third-order valence-corrected chi connectivity index (χ3v) is 6.26. The molecule has 0 aliphatic carbocycles. The summed E-state index contributed by atoms with van der Waals surface area (Å²) in [6, 6.07) is 7.18. The highest BCUT2D eigenvalue weighted by atomic mass is 32.1. The van der Waals surface area contributed by atoms with Crippen LogP contribution >= 0.6 is 11.3 Å². The van der Waals surface area contributed by atoms with Gasteiger partial charge in [0.15, 0.2) is 5.01 Å². The summed E-state index contributed by atoms with van der Waals surface area (Å²) in [7, 11) is 1.61. The van der Waals surface area contributed by atoms with E-state index in [1.807, 2.05) is 4.90 Å². The highest BCUT2D eigenvalue weighted by molar-refractivity contribution is 7.13. The molecule has 148 valence electrons. The van der Waals surface area contributed by atoms with Gasteiger partial charge < -0.3 is 19.3 Å². The van der Waals surface area contributed by atoms with E-state index in [-0.39, 0.29) is 11.8 Å². The molecule has 3 heterocycles. The zero-order valence-corrected chi connectivity index (χ0v) is 16.7. The second kappa shape index (κ2) is 8.28. The van der Waals surface area contributed by atoms with Crippen LogP contribution in [0.1, 0.15) is 30.7 Å². The van der Waals surface area contributed by atoms with Crippen LogP contribution in [0.5, 0.6) is 5.75 Å². The molecule has 0 saturated carbocycles. The maximum absolute atomic E-state index is 12.8. The number of nitrogens with zero attached hydrogens (tertiary/aromatic N) is 3. The van der Waals surface area contributed by atoms with Gasteiger partial charge in [-0.1, -0.05) is 0 Å². The van der Waals surface area contributed by atoms with E-state index in [0.29, 0.717) is 56.4 Å². The molecule has 0 atom stereocenters. The molecule has 1 saturated heterocycles. The minimum atomic E-state index is -0.00691. The smallest absolute Gasteiger partial charge is 0.283 e. The summed E-state index contributed by atoms with van der Waals surface area (Å²) in [5.41, 5.74) is 1.61. The fourth-order valence-corrected chi connectivity index (χ4v) is 4.54. The van der Waals surface area contributed by atoms with Gasteiger partial charge in [-0.3, -0.25) is 9.59 Å². The molecule has 0 N–H and O–H groups in total. The lowest BCUT2D eigenvalue weighted by Gasteiger charge is -2.25. The second-order valence-electron chi connectivity index (χ2n) is 6.81. The summed E-state index contributed by atoms with van der Waals surface area (Å²) in [5, 5.41) is 0.557. The lowest BCUT2D eigenvalue weighted by atomic mass is 10.2. The Kier molecular flexibility index (Phi) is 5.59. The number of thiazole rings is 1. The number of fused-ring (bicyclic) bond motifs is 1. The lowest BCUT2D eigenvalue weighted by Crippen LogP contribution is -2.40. The number of rotatable bonds is 3. The van der Waals surface area contributed by atoms with Crippen LogP contribution in [0, 0.1) is 0 Å². The van der Waals surface area contributed by atoms with Gasteiger partial charge in [0.25, 0.3) is 11.8 Å². The molecule has 0 radical (unpaired) electrons. The van der Waals surface area contributed by atoms with Crippen molar-refractivity contribution in [3.63, 3.8) is 0 Å². The van der Waals surface area contributed by atoms with Gasteiger partial charge in [0.1, 0.15) is 5.75 Å². The van der Waals surface area contributed by atoms with Crippen molar-refractivity contribution in [2.75, 3.05) is 46.5 Å². The van der Waals surface area contributed by atoms with E-state index < -0.39 is 0 Å². The van der Waals surface area contributed by atoms with E-state index in [2.05, 4.69) is 4.98 Å². The first kappa shape index (κ1) is 18.9. The predicted octanol–water partition coefficient (Wildman–Crippen LogP) is 1.87. The van der Waals surface area contributed by atoms with Gasteiger partial charge in [0.2, 0.25) is 0 Å². The minimum Gasteiger partial charge on any atom is -0.497 e. The molecular formula is C20H23N3O4S. The second-order valence-corrected chi connectivity index (χ2v) is 7.90. The molecule has 2 aliphatic heterocycles.